The fourth-order valence-corrected chi connectivity index (χ4v) is 4.62. The summed E-state index contributed by atoms with van der Waals surface area (Å²) in [5.41, 5.74) is 2.83. The Hall–Kier alpha value is -3.70. The molecule has 0 aliphatic carbocycles. The first-order valence-corrected chi connectivity index (χ1v) is 11.7. The van der Waals surface area contributed by atoms with E-state index in [1.54, 1.807) is 0 Å². The molecule has 0 bridgehead atoms. The number of carbonyl (C=O) groups is 2. The van der Waals surface area contributed by atoms with E-state index in [0.29, 0.717) is 13.0 Å². The second-order valence-electron chi connectivity index (χ2n) is 8.76. The standard InChI is InChI=1S/C29H30N2O3/c1-21(17-18-22-11-5-2-6-12-22)30-25-19-26(29(33)34)31(20-25)28(32)27(23-13-7-3-8-14-23)24-15-9-4-10-16-24/h2-18,21,25-27,30H,19-20H2,1H3,(H,33,34)/b18-17+/t21?,25-,26-/m0/s1. The smallest absolute Gasteiger partial charge is 0.326 e. The van der Waals surface area contributed by atoms with Gasteiger partial charge in [0.2, 0.25) is 5.91 Å². The molecule has 34 heavy (non-hydrogen) atoms. The van der Waals surface area contributed by atoms with E-state index < -0.39 is 17.9 Å². The first-order chi connectivity index (χ1) is 16.5. The van der Waals surface area contributed by atoms with Crippen molar-refractivity contribution in [3.8, 4) is 0 Å². The van der Waals surface area contributed by atoms with Crippen LogP contribution in [0.15, 0.2) is 97.1 Å². The minimum Gasteiger partial charge on any atom is -0.480 e. The van der Waals surface area contributed by atoms with Crippen LogP contribution in [0, 0.1) is 0 Å². The Morgan fingerprint density at radius 1 is 0.912 bits per heavy atom. The summed E-state index contributed by atoms with van der Waals surface area (Å²) < 4.78 is 0. The van der Waals surface area contributed by atoms with Gasteiger partial charge < -0.3 is 15.3 Å². The molecule has 5 nitrogen and oxygen atoms in total. The Morgan fingerprint density at radius 3 is 1.97 bits per heavy atom. The third-order valence-electron chi connectivity index (χ3n) is 6.26. The normalized spacial score (nSPS) is 18.9. The number of aliphatic carboxylic acids is 1. The minimum absolute atomic E-state index is 0.0359. The number of nitrogens with one attached hydrogen (secondary N) is 1. The topological polar surface area (TPSA) is 69.6 Å². The number of benzene rings is 3. The number of rotatable bonds is 8. The number of hydrogen-bond donors (Lipinski definition) is 2. The van der Waals surface area contributed by atoms with Crippen LogP contribution in [0.1, 0.15) is 36.0 Å². The van der Waals surface area contributed by atoms with E-state index in [0.717, 1.165) is 16.7 Å². The van der Waals surface area contributed by atoms with Crippen LogP contribution in [0.5, 0.6) is 0 Å². The third kappa shape index (κ3) is 5.61. The van der Waals surface area contributed by atoms with Crippen molar-refractivity contribution in [2.24, 2.45) is 0 Å². The summed E-state index contributed by atoms with van der Waals surface area (Å²) in [5, 5.41) is 13.4. The molecule has 3 aromatic rings. The van der Waals surface area contributed by atoms with E-state index in [-0.39, 0.29) is 18.0 Å². The number of carboxylic acids is 1. The van der Waals surface area contributed by atoms with Gasteiger partial charge in [0.1, 0.15) is 6.04 Å². The summed E-state index contributed by atoms with van der Waals surface area (Å²) in [4.78, 5) is 27.5. The van der Waals surface area contributed by atoms with Crippen LogP contribution in [0.3, 0.4) is 0 Å². The van der Waals surface area contributed by atoms with Crippen LogP contribution in [0.25, 0.3) is 6.08 Å². The maximum Gasteiger partial charge on any atom is 0.326 e. The van der Waals surface area contributed by atoms with E-state index in [9.17, 15) is 14.7 Å². The lowest BCUT2D eigenvalue weighted by molar-refractivity contribution is -0.148. The van der Waals surface area contributed by atoms with Gasteiger partial charge in [-0.15, -0.1) is 0 Å². The van der Waals surface area contributed by atoms with Crippen LogP contribution in [-0.2, 0) is 9.59 Å². The van der Waals surface area contributed by atoms with Crippen molar-refractivity contribution in [1.29, 1.82) is 0 Å². The zero-order valence-corrected chi connectivity index (χ0v) is 19.2. The van der Waals surface area contributed by atoms with Crippen molar-refractivity contribution in [1.82, 2.24) is 10.2 Å². The van der Waals surface area contributed by atoms with Crippen molar-refractivity contribution >= 4 is 18.0 Å². The van der Waals surface area contributed by atoms with Gasteiger partial charge in [-0.3, -0.25) is 4.79 Å². The lowest BCUT2D eigenvalue weighted by atomic mass is 9.90. The lowest BCUT2D eigenvalue weighted by Gasteiger charge is -2.27. The van der Waals surface area contributed by atoms with Gasteiger partial charge in [0.15, 0.2) is 0 Å². The van der Waals surface area contributed by atoms with Gasteiger partial charge in [-0.1, -0.05) is 103 Å². The van der Waals surface area contributed by atoms with Gasteiger partial charge in [-0.25, -0.2) is 4.79 Å². The highest BCUT2D eigenvalue weighted by molar-refractivity contribution is 5.91. The Balaban J connectivity index is 1.52. The molecule has 2 N–H and O–H groups in total. The largest absolute Gasteiger partial charge is 0.480 e. The van der Waals surface area contributed by atoms with Crippen molar-refractivity contribution in [3.63, 3.8) is 0 Å². The molecular weight excluding hydrogens is 424 g/mol. The fraction of sp³-hybridized carbons (Fsp3) is 0.241. The zero-order valence-electron chi connectivity index (χ0n) is 19.2. The second kappa shape index (κ2) is 10.9. The molecule has 1 aliphatic rings. The molecule has 1 heterocycles. The summed E-state index contributed by atoms with van der Waals surface area (Å²) in [6.07, 6.45) is 4.48. The van der Waals surface area contributed by atoms with Crippen molar-refractivity contribution < 1.29 is 14.7 Å². The van der Waals surface area contributed by atoms with E-state index in [4.69, 9.17) is 0 Å². The Bertz CT molecular complexity index is 1080. The highest BCUT2D eigenvalue weighted by Crippen LogP contribution is 2.30. The fourth-order valence-electron chi connectivity index (χ4n) is 4.62. The van der Waals surface area contributed by atoms with Gasteiger partial charge in [0.25, 0.3) is 0 Å². The molecule has 1 aliphatic heterocycles. The van der Waals surface area contributed by atoms with Gasteiger partial charge in [0.05, 0.1) is 5.92 Å². The predicted octanol–water partition coefficient (Wildman–Crippen LogP) is 4.56. The summed E-state index contributed by atoms with van der Waals surface area (Å²) in [6, 6.07) is 28.3. The highest BCUT2D eigenvalue weighted by atomic mass is 16.4. The van der Waals surface area contributed by atoms with Crippen molar-refractivity contribution in [2.75, 3.05) is 6.54 Å². The number of carbonyl (C=O) groups excluding carboxylic acids is 1. The molecule has 1 unspecified atom stereocenters. The Labute approximate surface area is 200 Å². The monoisotopic (exact) mass is 454 g/mol. The maximum absolute atomic E-state index is 13.8. The number of amides is 1. The van der Waals surface area contributed by atoms with Crippen LogP contribution >= 0.6 is 0 Å². The molecular formula is C29H30N2O3. The van der Waals surface area contributed by atoms with E-state index in [1.807, 2.05) is 104 Å². The summed E-state index contributed by atoms with van der Waals surface area (Å²) in [6.45, 7) is 2.39. The van der Waals surface area contributed by atoms with Gasteiger partial charge in [0, 0.05) is 18.6 Å². The first-order valence-electron chi connectivity index (χ1n) is 11.7. The molecule has 4 rings (SSSR count). The zero-order chi connectivity index (χ0) is 23.9. The SMILES string of the molecule is CC(/C=C/c1ccccc1)N[C@H]1C[C@@H](C(=O)O)N(C(=O)C(c2ccccc2)c2ccccc2)C1. The molecule has 5 heteroatoms. The van der Waals surface area contributed by atoms with Crippen LogP contribution in [0.2, 0.25) is 0 Å². The summed E-state index contributed by atoms with van der Waals surface area (Å²) >= 11 is 0. The van der Waals surface area contributed by atoms with Crippen molar-refractivity contribution in [2.45, 2.75) is 37.4 Å². The van der Waals surface area contributed by atoms with E-state index in [2.05, 4.69) is 11.4 Å². The molecule has 0 saturated carbocycles. The average Bonchev–Trinajstić information content (AvgIpc) is 3.29. The van der Waals surface area contributed by atoms with E-state index in [1.165, 1.54) is 4.90 Å². The van der Waals surface area contributed by atoms with Crippen molar-refractivity contribution in [3.05, 3.63) is 114 Å². The van der Waals surface area contributed by atoms with E-state index >= 15 is 0 Å². The molecule has 1 amide bonds. The molecule has 3 aromatic carbocycles. The maximum atomic E-state index is 13.8. The first kappa shape index (κ1) is 23.5. The molecule has 1 saturated heterocycles. The number of likely N-dealkylation sites (tertiary alicyclic amines) is 1. The molecule has 0 aromatic heterocycles. The van der Waals surface area contributed by atoms with Gasteiger partial charge in [-0.2, -0.15) is 0 Å². The molecule has 3 atom stereocenters. The molecule has 174 valence electrons. The predicted molar refractivity (Wildman–Crippen MR) is 134 cm³/mol. The number of hydrogen-bond acceptors (Lipinski definition) is 3. The summed E-state index contributed by atoms with van der Waals surface area (Å²) in [7, 11) is 0. The Kier molecular flexibility index (Phi) is 7.55. The Morgan fingerprint density at radius 2 is 1.44 bits per heavy atom. The molecule has 1 fully saturated rings. The highest BCUT2D eigenvalue weighted by Gasteiger charge is 2.42. The number of carboxylic acid groups (broad SMARTS) is 1. The van der Waals surface area contributed by atoms with Gasteiger partial charge in [-0.05, 0) is 30.0 Å². The third-order valence-corrected chi connectivity index (χ3v) is 6.26. The van der Waals surface area contributed by atoms with Crippen LogP contribution in [0.4, 0.5) is 0 Å². The lowest BCUT2D eigenvalue weighted by Crippen LogP contribution is -2.44. The molecule has 0 radical (unpaired) electrons. The minimum atomic E-state index is -0.968. The summed E-state index contributed by atoms with van der Waals surface area (Å²) in [5.74, 6) is -1.69. The molecule has 0 spiro atoms. The average molecular weight is 455 g/mol. The quantitative estimate of drug-likeness (QED) is 0.523. The second-order valence-corrected chi connectivity index (χ2v) is 8.76. The van der Waals surface area contributed by atoms with Crippen LogP contribution in [-0.4, -0.2) is 46.6 Å². The van der Waals surface area contributed by atoms with Crippen LogP contribution < -0.4 is 5.32 Å². The number of nitrogens with zero attached hydrogens (tertiary/aromatic N) is 1. The van der Waals surface area contributed by atoms with Gasteiger partial charge >= 0.3 is 5.97 Å².